The Morgan fingerprint density at radius 2 is 1.71 bits per heavy atom. The zero-order chi connectivity index (χ0) is 14.9. The van der Waals surface area contributed by atoms with Crippen LogP contribution < -0.4 is 0 Å². The van der Waals surface area contributed by atoms with Crippen molar-refractivity contribution in [2.75, 3.05) is 33.2 Å². The number of hydrogen-bond acceptors (Lipinski definition) is 4. The van der Waals surface area contributed by atoms with Crippen molar-refractivity contribution in [1.29, 1.82) is 0 Å². The number of H-pyrrole nitrogens is 1. The molecule has 1 aromatic carbocycles. The second-order valence-electron chi connectivity index (χ2n) is 5.20. The monoisotopic (exact) mass is 306 g/mol. The van der Waals surface area contributed by atoms with Crippen LogP contribution in [0.4, 0.5) is 0 Å². The molecule has 0 saturated carbocycles. The lowest BCUT2D eigenvalue weighted by molar-refractivity contribution is 0.222. The summed E-state index contributed by atoms with van der Waals surface area (Å²) in [5.74, 6) is 0. The van der Waals surface area contributed by atoms with Crippen molar-refractivity contribution in [3.05, 3.63) is 36.5 Å². The van der Waals surface area contributed by atoms with E-state index in [2.05, 4.69) is 15.1 Å². The fraction of sp³-hybridized carbons (Fsp3) is 0.357. The first kappa shape index (κ1) is 14.2. The van der Waals surface area contributed by atoms with E-state index in [1.54, 1.807) is 34.8 Å². The second-order valence-corrected chi connectivity index (χ2v) is 7.14. The van der Waals surface area contributed by atoms with E-state index < -0.39 is 10.0 Å². The van der Waals surface area contributed by atoms with Crippen molar-refractivity contribution in [2.24, 2.45) is 0 Å². The first-order chi connectivity index (χ1) is 10.1. The number of nitrogens with one attached hydrogen (secondary N) is 1. The van der Waals surface area contributed by atoms with Crippen LogP contribution in [-0.4, -0.2) is 61.0 Å². The van der Waals surface area contributed by atoms with E-state index in [4.69, 9.17) is 0 Å². The quantitative estimate of drug-likeness (QED) is 0.919. The van der Waals surface area contributed by atoms with Gasteiger partial charge in [0.2, 0.25) is 10.0 Å². The number of aromatic amines is 1. The van der Waals surface area contributed by atoms with E-state index in [9.17, 15) is 8.42 Å². The number of benzene rings is 1. The summed E-state index contributed by atoms with van der Waals surface area (Å²) in [7, 11) is -1.39. The van der Waals surface area contributed by atoms with Crippen LogP contribution in [0.2, 0.25) is 0 Å². The molecule has 21 heavy (non-hydrogen) atoms. The zero-order valence-electron chi connectivity index (χ0n) is 11.9. The molecule has 1 aromatic heterocycles. The van der Waals surface area contributed by atoms with Gasteiger partial charge < -0.3 is 4.90 Å². The van der Waals surface area contributed by atoms with Crippen molar-refractivity contribution >= 4 is 10.0 Å². The minimum Gasteiger partial charge on any atom is -0.304 e. The maximum absolute atomic E-state index is 12.6. The van der Waals surface area contributed by atoms with Crippen molar-refractivity contribution in [2.45, 2.75) is 4.90 Å². The van der Waals surface area contributed by atoms with Crippen LogP contribution in [0.1, 0.15) is 0 Å². The standard InChI is InChI=1S/C14H18N4O2S/c1-17-8-10-18(11-9-17)21(19,20)13-4-2-12(3-5-13)14-6-7-15-16-14/h2-7H,8-11H2,1H3,(H,15,16). The zero-order valence-corrected chi connectivity index (χ0v) is 12.7. The Balaban J connectivity index is 1.83. The van der Waals surface area contributed by atoms with Gasteiger partial charge in [0, 0.05) is 32.4 Å². The fourth-order valence-corrected chi connectivity index (χ4v) is 3.82. The Morgan fingerprint density at radius 1 is 1.05 bits per heavy atom. The maximum atomic E-state index is 12.6. The van der Waals surface area contributed by atoms with E-state index in [1.165, 1.54) is 0 Å². The van der Waals surface area contributed by atoms with Crippen LogP contribution in [0.3, 0.4) is 0 Å². The minimum absolute atomic E-state index is 0.343. The van der Waals surface area contributed by atoms with Gasteiger partial charge in [0.15, 0.2) is 0 Å². The van der Waals surface area contributed by atoms with E-state index in [0.717, 1.165) is 24.3 Å². The molecule has 3 rings (SSSR count). The molecule has 7 heteroatoms. The van der Waals surface area contributed by atoms with Gasteiger partial charge in [0.05, 0.1) is 10.6 Å². The van der Waals surface area contributed by atoms with Crippen molar-refractivity contribution in [3.8, 4) is 11.3 Å². The summed E-state index contributed by atoms with van der Waals surface area (Å²) in [4.78, 5) is 2.48. The third-order valence-corrected chi connectivity index (χ3v) is 5.68. The molecule has 0 spiro atoms. The van der Waals surface area contributed by atoms with Crippen LogP contribution in [-0.2, 0) is 10.0 Å². The highest BCUT2D eigenvalue weighted by molar-refractivity contribution is 7.89. The van der Waals surface area contributed by atoms with Gasteiger partial charge in [-0.15, -0.1) is 0 Å². The SMILES string of the molecule is CN1CCN(S(=O)(=O)c2ccc(-c3ccn[nH]3)cc2)CC1. The molecule has 1 aliphatic rings. The summed E-state index contributed by atoms with van der Waals surface area (Å²) in [5.41, 5.74) is 1.79. The average Bonchev–Trinajstić information content (AvgIpc) is 3.02. The minimum atomic E-state index is -3.39. The van der Waals surface area contributed by atoms with Gasteiger partial charge in [-0.1, -0.05) is 12.1 Å². The predicted molar refractivity (Wildman–Crippen MR) is 80.3 cm³/mol. The van der Waals surface area contributed by atoms with Crippen molar-refractivity contribution in [1.82, 2.24) is 19.4 Å². The lowest BCUT2D eigenvalue weighted by atomic mass is 10.2. The highest BCUT2D eigenvalue weighted by atomic mass is 32.2. The third-order valence-electron chi connectivity index (χ3n) is 3.77. The van der Waals surface area contributed by atoms with E-state index in [0.29, 0.717) is 18.0 Å². The molecular weight excluding hydrogens is 288 g/mol. The van der Waals surface area contributed by atoms with Gasteiger partial charge in [0.1, 0.15) is 0 Å². The van der Waals surface area contributed by atoms with Gasteiger partial charge >= 0.3 is 0 Å². The molecule has 1 N–H and O–H groups in total. The summed E-state index contributed by atoms with van der Waals surface area (Å²) < 4.78 is 26.7. The molecule has 2 heterocycles. The highest BCUT2D eigenvalue weighted by Gasteiger charge is 2.27. The van der Waals surface area contributed by atoms with Gasteiger partial charge in [-0.3, -0.25) is 5.10 Å². The maximum Gasteiger partial charge on any atom is 0.243 e. The third kappa shape index (κ3) is 2.85. The van der Waals surface area contributed by atoms with Gasteiger partial charge in [0.25, 0.3) is 0 Å². The normalized spacial score (nSPS) is 18.0. The fourth-order valence-electron chi connectivity index (χ4n) is 2.40. The van der Waals surface area contributed by atoms with Crippen LogP contribution in [0.25, 0.3) is 11.3 Å². The van der Waals surface area contributed by atoms with Gasteiger partial charge in [-0.2, -0.15) is 9.40 Å². The number of piperazine rings is 1. The molecule has 0 bridgehead atoms. The summed E-state index contributed by atoms with van der Waals surface area (Å²) in [5, 5.41) is 6.76. The van der Waals surface area contributed by atoms with E-state index >= 15 is 0 Å². The van der Waals surface area contributed by atoms with Gasteiger partial charge in [-0.05, 0) is 30.8 Å². The summed E-state index contributed by atoms with van der Waals surface area (Å²) in [6.45, 7) is 2.62. The van der Waals surface area contributed by atoms with Crippen LogP contribution >= 0.6 is 0 Å². The number of nitrogens with zero attached hydrogens (tertiary/aromatic N) is 3. The molecule has 0 amide bonds. The first-order valence-electron chi connectivity index (χ1n) is 6.86. The summed E-state index contributed by atoms with van der Waals surface area (Å²) in [6.07, 6.45) is 1.67. The molecule has 1 fully saturated rings. The average molecular weight is 306 g/mol. The first-order valence-corrected chi connectivity index (χ1v) is 8.30. The van der Waals surface area contributed by atoms with Crippen LogP contribution in [0.15, 0.2) is 41.4 Å². The molecule has 0 unspecified atom stereocenters. The number of rotatable bonds is 3. The van der Waals surface area contributed by atoms with Gasteiger partial charge in [-0.25, -0.2) is 8.42 Å². The van der Waals surface area contributed by atoms with Crippen LogP contribution in [0.5, 0.6) is 0 Å². The Morgan fingerprint density at radius 3 is 2.29 bits per heavy atom. The predicted octanol–water partition coefficient (Wildman–Crippen LogP) is 1.01. The van der Waals surface area contributed by atoms with Crippen LogP contribution in [0, 0.1) is 0 Å². The molecule has 1 saturated heterocycles. The molecule has 0 aliphatic carbocycles. The Kier molecular flexibility index (Phi) is 3.79. The lowest BCUT2D eigenvalue weighted by Crippen LogP contribution is -2.46. The molecule has 2 aromatic rings. The van der Waals surface area contributed by atoms with E-state index in [-0.39, 0.29) is 0 Å². The number of likely N-dealkylation sites (N-methyl/N-ethyl adjacent to an activating group) is 1. The smallest absolute Gasteiger partial charge is 0.243 e. The summed E-state index contributed by atoms with van der Waals surface area (Å²) in [6, 6.07) is 8.77. The number of sulfonamides is 1. The molecule has 1 aliphatic heterocycles. The second kappa shape index (κ2) is 5.59. The van der Waals surface area contributed by atoms with Crippen molar-refractivity contribution in [3.63, 3.8) is 0 Å². The lowest BCUT2D eigenvalue weighted by Gasteiger charge is -2.31. The topological polar surface area (TPSA) is 69.3 Å². The highest BCUT2D eigenvalue weighted by Crippen LogP contribution is 2.22. The Hall–Kier alpha value is -1.70. The Bertz CT molecular complexity index is 687. The number of hydrogen-bond donors (Lipinski definition) is 1. The van der Waals surface area contributed by atoms with Crippen molar-refractivity contribution < 1.29 is 8.42 Å². The number of aromatic nitrogens is 2. The largest absolute Gasteiger partial charge is 0.304 e. The molecule has 0 atom stereocenters. The molecule has 112 valence electrons. The van der Waals surface area contributed by atoms with E-state index in [1.807, 2.05) is 13.1 Å². The molecular formula is C14H18N4O2S. The summed E-state index contributed by atoms with van der Waals surface area (Å²) >= 11 is 0. The molecule has 6 nitrogen and oxygen atoms in total. The Labute approximate surface area is 124 Å². The molecule has 0 radical (unpaired) electrons.